The van der Waals surface area contributed by atoms with Crippen LogP contribution in [0.25, 0.3) is 6.08 Å². The second-order valence-corrected chi connectivity index (χ2v) is 5.37. The zero-order valence-electron chi connectivity index (χ0n) is 14.3. The van der Waals surface area contributed by atoms with Crippen LogP contribution in [0.15, 0.2) is 42.6 Å². The van der Waals surface area contributed by atoms with E-state index >= 15 is 0 Å². The molecule has 136 valence electrons. The van der Waals surface area contributed by atoms with Crippen molar-refractivity contribution >= 4 is 29.5 Å². The Kier molecular flexibility index (Phi) is 6.99. The number of carbonyl (C=O) groups excluding carboxylic acids is 2. The molecular weight excluding hydrogens is 358 g/mol. The number of rotatable bonds is 6. The molecule has 0 saturated heterocycles. The predicted octanol–water partition coefficient (Wildman–Crippen LogP) is 2.62. The Morgan fingerprint density at radius 1 is 1.27 bits per heavy atom. The first-order chi connectivity index (χ1) is 12.5. The number of carbonyl (C=O) groups is 2. The number of hydrogen-bond donors (Lipinski definition) is 2. The molecule has 8 heteroatoms. The third-order valence-electron chi connectivity index (χ3n) is 3.16. The molecule has 1 aromatic heterocycles. The van der Waals surface area contributed by atoms with Crippen LogP contribution in [0.5, 0.6) is 11.5 Å². The maximum Gasteiger partial charge on any atom is 0.288 e. The molecule has 7 nitrogen and oxygen atoms in total. The number of nitrogens with zero attached hydrogens (tertiary/aromatic N) is 1. The molecule has 0 unspecified atom stereocenters. The number of hydrazine groups is 1. The molecule has 0 aliphatic rings. The van der Waals surface area contributed by atoms with E-state index in [2.05, 4.69) is 15.8 Å². The van der Waals surface area contributed by atoms with Gasteiger partial charge in [0, 0.05) is 12.3 Å². The van der Waals surface area contributed by atoms with Gasteiger partial charge < -0.3 is 9.47 Å². The summed E-state index contributed by atoms with van der Waals surface area (Å²) in [6, 6.07) is 8.23. The minimum absolute atomic E-state index is 0.194. The Labute approximate surface area is 155 Å². The number of aromatic nitrogens is 1. The van der Waals surface area contributed by atoms with Crippen molar-refractivity contribution in [1.82, 2.24) is 15.8 Å². The third-order valence-corrected chi connectivity index (χ3v) is 3.45. The van der Waals surface area contributed by atoms with Crippen molar-refractivity contribution in [3.63, 3.8) is 0 Å². The van der Waals surface area contributed by atoms with Gasteiger partial charge in [-0.2, -0.15) is 0 Å². The highest BCUT2D eigenvalue weighted by molar-refractivity contribution is 6.32. The minimum Gasteiger partial charge on any atom is -0.493 e. The molecule has 2 amide bonds. The van der Waals surface area contributed by atoms with Crippen LogP contribution < -0.4 is 20.3 Å². The van der Waals surface area contributed by atoms with Gasteiger partial charge in [-0.3, -0.25) is 25.4 Å². The second-order valence-electron chi connectivity index (χ2n) is 4.96. The van der Waals surface area contributed by atoms with Crippen molar-refractivity contribution in [2.75, 3.05) is 13.7 Å². The first-order valence-corrected chi connectivity index (χ1v) is 8.12. The summed E-state index contributed by atoms with van der Waals surface area (Å²) in [7, 11) is 1.50. The average Bonchev–Trinajstić information content (AvgIpc) is 2.66. The van der Waals surface area contributed by atoms with Gasteiger partial charge in [-0.15, -0.1) is 0 Å². The van der Waals surface area contributed by atoms with Crippen molar-refractivity contribution in [2.24, 2.45) is 0 Å². The Morgan fingerprint density at radius 2 is 2.08 bits per heavy atom. The van der Waals surface area contributed by atoms with Crippen molar-refractivity contribution in [1.29, 1.82) is 0 Å². The molecule has 0 aliphatic heterocycles. The van der Waals surface area contributed by atoms with Crippen molar-refractivity contribution in [3.8, 4) is 11.5 Å². The van der Waals surface area contributed by atoms with Gasteiger partial charge in [0.05, 0.1) is 18.7 Å². The third kappa shape index (κ3) is 5.22. The SMILES string of the molecule is CCOc1c(Cl)cc(/C=C/C(=O)NNC(=O)c2ccccn2)cc1OC. The Hall–Kier alpha value is -3.06. The van der Waals surface area contributed by atoms with E-state index in [0.717, 1.165) is 0 Å². The van der Waals surface area contributed by atoms with E-state index in [9.17, 15) is 9.59 Å². The summed E-state index contributed by atoms with van der Waals surface area (Å²) >= 11 is 6.17. The number of pyridine rings is 1. The summed E-state index contributed by atoms with van der Waals surface area (Å²) in [5.41, 5.74) is 5.38. The number of benzene rings is 1. The quantitative estimate of drug-likeness (QED) is 0.598. The number of halogens is 1. The van der Waals surface area contributed by atoms with E-state index in [1.54, 1.807) is 24.3 Å². The smallest absolute Gasteiger partial charge is 0.288 e. The lowest BCUT2D eigenvalue weighted by Crippen LogP contribution is -2.41. The van der Waals surface area contributed by atoms with Gasteiger partial charge in [0.15, 0.2) is 11.5 Å². The van der Waals surface area contributed by atoms with E-state index in [1.165, 1.54) is 31.5 Å². The summed E-state index contributed by atoms with van der Waals surface area (Å²) in [4.78, 5) is 27.5. The van der Waals surface area contributed by atoms with Crippen molar-refractivity contribution in [3.05, 3.63) is 58.9 Å². The van der Waals surface area contributed by atoms with Crippen LogP contribution in [-0.4, -0.2) is 30.5 Å². The Morgan fingerprint density at radius 3 is 2.73 bits per heavy atom. The maximum atomic E-state index is 11.8. The van der Waals surface area contributed by atoms with Gasteiger partial charge in [-0.1, -0.05) is 17.7 Å². The fourth-order valence-electron chi connectivity index (χ4n) is 2.01. The highest BCUT2D eigenvalue weighted by Gasteiger charge is 2.11. The largest absolute Gasteiger partial charge is 0.493 e. The number of ether oxygens (including phenoxy) is 2. The van der Waals surface area contributed by atoms with Gasteiger partial charge in [0.2, 0.25) is 0 Å². The topological polar surface area (TPSA) is 89.6 Å². The van der Waals surface area contributed by atoms with Gasteiger partial charge in [-0.25, -0.2) is 0 Å². The molecular formula is C18H18ClN3O4. The van der Waals surface area contributed by atoms with Crippen LogP contribution in [0.4, 0.5) is 0 Å². The summed E-state index contributed by atoms with van der Waals surface area (Å²) in [6.45, 7) is 2.29. The van der Waals surface area contributed by atoms with Gasteiger partial charge in [0.25, 0.3) is 11.8 Å². The van der Waals surface area contributed by atoms with E-state index in [0.29, 0.717) is 28.7 Å². The van der Waals surface area contributed by atoms with E-state index < -0.39 is 11.8 Å². The molecule has 1 heterocycles. The zero-order chi connectivity index (χ0) is 18.9. The second kappa shape index (κ2) is 9.43. The number of amides is 2. The summed E-state index contributed by atoms with van der Waals surface area (Å²) in [6.07, 6.45) is 4.27. The summed E-state index contributed by atoms with van der Waals surface area (Å²) in [5, 5.41) is 0.370. The zero-order valence-corrected chi connectivity index (χ0v) is 15.0. The summed E-state index contributed by atoms with van der Waals surface area (Å²) in [5.74, 6) is -0.125. The van der Waals surface area contributed by atoms with Gasteiger partial charge >= 0.3 is 0 Å². The van der Waals surface area contributed by atoms with Crippen LogP contribution in [0.3, 0.4) is 0 Å². The van der Waals surface area contributed by atoms with E-state index in [-0.39, 0.29) is 5.69 Å². The van der Waals surface area contributed by atoms with E-state index in [1.807, 2.05) is 6.92 Å². The lowest BCUT2D eigenvalue weighted by Gasteiger charge is -2.11. The Balaban J connectivity index is 1.99. The highest BCUT2D eigenvalue weighted by atomic mass is 35.5. The molecule has 26 heavy (non-hydrogen) atoms. The van der Waals surface area contributed by atoms with Crippen LogP contribution in [-0.2, 0) is 4.79 Å². The molecule has 0 radical (unpaired) electrons. The number of hydrogen-bond acceptors (Lipinski definition) is 5. The molecule has 2 rings (SSSR count). The van der Waals surface area contributed by atoms with Crippen molar-refractivity contribution in [2.45, 2.75) is 6.92 Å². The fraction of sp³-hybridized carbons (Fsp3) is 0.167. The van der Waals surface area contributed by atoms with Crippen molar-refractivity contribution < 1.29 is 19.1 Å². The molecule has 2 N–H and O–H groups in total. The highest BCUT2D eigenvalue weighted by Crippen LogP contribution is 2.36. The molecule has 0 aliphatic carbocycles. The van der Waals surface area contributed by atoms with Gasteiger partial charge in [-0.05, 0) is 42.8 Å². The van der Waals surface area contributed by atoms with Crippen LogP contribution in [0.2, 0.25) is 5.02 Å². The van der Waals surface area contributed by atoms with Crippen LogP contribution in [0.1, 0.15) is 23.0 Å². The molecule has 1 aromatic carbocycles. The number of methoxy groups -OCH3 is 1. The van der Waals surface area contributed by atoms with E-state index in [4.69, 9.17) is 21.1 Å². The molecule has 0 saturated carbocycles. The number of nitrogens with one attached hydrogen (secondary N) is 2. The average molecular weight is 376 g/mol. The van der Waals surface area contributed by atoms with Crippen LogP contribution in [0, 0.1) is 0 Å². The molecule has 0 spiro atoms. The monoisotopic (exact) mass is 375 g/mol. The normalized spacial score (nSPS) is 10.4. The lowest BCUT2D eigenvalue weighted by molar-refractivity contribution is -0.117. The molecule has 2 aromatic rings. The first kappa shape index (κ1) is 19.3. The summed E-state index contributed by atoms with van der Waals surface area (Å²) < 4.78 is 10.7. The maximum absolute atomic E-state index is 11.8. The Bertz CT molecular complexity index is 810. The standard InChI is InChI=1S/C18H18ClN3O4/c1-3-26-17-13(19)10-12(11-15(17)25-2)7-8-16(23)21-22-18(24)14-6-4-5-9-20-14/h4-11H,3H2,1-2H3,(H,21,23)(H,22,24)/b8-7+. The molecule has 0 bridgehead atoms. The molecule has 0 fully saturated rings. The predicted molar refractivity (Wildman–Crippen MR) is 98.1 cm³/mol. The molecule has 0 atom stereocenters. The lowest BCUT2D eigenvalue weighted by atomic mass is 10.2. The first-order valence-electron chi connectivity index (χ1n) is 7.75. The minimum atomic E-state index is -0.516. The van der Waals surface area contributed by atoms with Gasteiger partial charge in [0.1, 0.15) is 5.69 Å². The van der Waals surface area contributed by atoms with Crippen LogP contribution >= 0.6 is 11.6 Å². The fourth-order valence-corrected chi connectivity index (χ4v) is 2.29.